The van der Waals surface area contributed by atoms with Crippen molar-refractivity contribution >= 4 is 17.7 Å². The third kappa shape index (κ3) is 3.87. The average molecular weight is 352 g/mol. The smallest absolute Gasteiger partial charge is 0.233 e. The number of halogens is 1. The molecule has 0 spiro atoms. The van der Waals surface area contributed by atoms with Gasteiger partial charge in [0.2, 0.25) is 11.9 Å². The largest absolute Gasteiger partial charge is 0.348 e. The quantitative estimate of drug-likeness (QED) is 0.859. The Morgan fingerprint density at radius 2 is 1.81 bits per heavy atom. The van der Waals surface area contributed by atoms with E-state index in [2.05, 4.69) is 36.7 Å². The molecule has 2 heterocycles. The number of aromatic nitrogens is 3. The lowest BCUT2D eigenvalue weighted by Gasteiger charge is -2.15. The Balaban J connectivity index is 1.46. The summed E-state index contributed by atoms with van der Waals surface area (Å²) >= 11 is 0. The molecule has 1 aromatic carbocycles. The van der Waals surface area contributed by atoms with Crippen LogP contribution >= 0.6 is 0 Å². The van der Waals surface area contributed by atoms with Crippen LogP contribution in [0.4, 0.5) is 16.3 Å². The lowest BCUT2D eigenvalue weighted by atomic mass is 10.1. The fourth-order valence-corrected chi connectivity index (χ4v) is 2.97. The first-order valence-corrected chi connectivity index (χ1v) is 8.83. The number of benzene rings is 1. The lowest BCUT2D eigenvalue weighted by Crippen LogP contribution is -2.15. The number of hydrogen-bond donors (Lipinski definition) is 2. The zero-order valence-electron chi connectivity index (χ0n) is 14.8. The summed E-state index contributed by atoms with van der Waals surface area (Å²) in [4.78, 5) is 17.6. The molecule has 0 bridgehead atoms. The Kier molecular flexibility index (Phi) is 4.36. The van der Waals surface area contributed by atoms with E-state index >= 15 is 0 Å². The number of hydrogen-bond acceptors (Lipinski definition) is 6. The topological polar surface area (TPSA) is 75.1 Å². The first-order chi connectivity index (χ1) is 12.6. The molecule has 1 aliphatic carbocycles. The fourth-order valence-electron chi connectivity index (χ4n) is 2.97. The van der Waals surface area contributed by atoms with Crippen LogP contribution in [0.2, 0.25) is 0 Å². The standard InChI is InChI=1S/C19H21FN6/c1-11(13-5-7-16(20)8-6-13)22-18-23-12(2)24-19(26-18)25-17-9-15(10-21-17)14-3-4-14/h5-9,11,14H,3-4,10H2,1-2H3,(H2,21,22,23,24,25,26)/t11-/m0/s1. The first-order valence-electron chi connectivity index (χ1n) is 8.83. The Hall–Kier alpha value is -2.83. The van der Waals surface area contributed by atoms with Gasteiger partial charge in [-0.2, -0.15) is 15.0 Å². The van der Waals surface area contributed by atoms with E-state index in [1.165, 1.54) is 30.5 Å². The summed E-state index contributed by atoms with van der Waals surface area (Å²) in [6.45, 7) is 4.57. The van der Waals surface area contributed by atoms with Crippen LogP contribution in [0.3, 0.4) is 0 Å². The highest BCUT2D eigenvalue weighted by Crippen LogP contribution is 2.37. The molecule has 7 heteroatoms. The van der Waals surface area contributed by atoms with Crippen molar-refractivity contribution in [3.63, 3.8) is 0 Å². The summed E-state index contributed by atoms with van der Waals surface area (Å²) in [7, 11) is 0. The number of nitrogens with one attached hydrogen (secondary N) is 2. The molecule has 2 N–H and O–H groups in total. The first kappa shape index (κ1) is 16.6. The van der Waals surface area contributed by atoms with Crippen molar-refractivity contribution in [2.75, 3.05) is 17.2 Å². The molecule has 1 atom stereocenters. The van der Waals surface area contributed by atoms with Crippen molar-refractivity contribution in [2.45, 2.75) is 32.7 Å². The van der Waals surface area contributed by atoms with Crippen molar-refractivity contribution in [1.82, 2.24) is 15.0 Å². The van der Waals surface area contributed by atoms with Crippen molar-refractivity contribution < 1.29 is 4.39 Å². The van der Waals surface area contributed by atoms with Crippen LogP contribution in [-0.4, -0.2) is 27.3 Å². The van der Waals surface area contributed by atoms with Gasteiger partial charge in [0.25, 0.3) is 0 Å². The molecule has 2 aliphatic rings. The summed E-state index contributed by atoms with van der Waals surface area (Å²) in [6, 6.07) is 6.33. The molecule has 26 heavy (non-hydrogen) atoms. The van der Waals surface area contributed by atoms with Crippen LogP contribution in [0.1, 0.15) is 37.2 Å². The predicted molar refractivity (Wildman–Crippen MR) is 99.7 cm³/mol. The zero-order valence-corrected chi connectivity index (χ0v) is 14.8. The van der Waals surface area contributed by atoms with Crippen molar-refractivity contribution in [3.05, 3.63) is 53.1 Å². The van der Waals surface area contributed by atoms with Crippen LogP contribution in [0.15, 0.2) is 40.9 Å². The van der Waals surface area contributed by atoms with E-state index in [4.69, 9.17) is 0 Å². The predicted octanol–water partition coefficient (Wildman–Crippen LogP) is 3.65. The molecular weight excluding hydrogens is 331 g/mol. The van der Waals surface area contributed by atoms with Gasteiger partial charge in [0.05, 0.1) is 12.6 Å². The van der Waals surface area contributed by atoms with E-state index < -0.39 is 0 Å². The van der Waals surface area contributed by atoms with Gasteiger partial charge in [0.15, 0.2) is 0 Å². The van der Waals surface area contributed by atoms with Gasteiger partial charge < -0.3 is 10.6 Å². The van der Waals surface area contributed by atoms with Crippen LogP contribution < -0.4 is 10.6 Å². The van der Waals surface area contributed by atoms with Crippen molar-refractivity contribution in [2.24, 2.45) is 10.9 Å². The fraction of sp³-hybridized carbons (Fsp3) is 0.368. The molecule has 134 valence electrons. The Morgan fingerprint density at radius 3 is 2.54 bits per heavy atom. The average Bonchev–Trinajstić information content (AvgIpc) is 3.35. The molecule has 0 unspecified atom stereocenters. The van der Waals surface area contributed by atoms with Crippen LogP contribution in [0.25, 0.3) is 0 Å². The lowest BCUT2D eigenvalue weighted by molar-refractivity contribution is 0.626. The number of aliphatic imine (C=N–C) groups is 1. The Morgan fingerprint density at radius 1 is 1.08 bits per heavy atom. The Labute approximate surface area is 151 Å². The highest BCUT2D eigenvalue weighted by atomic mass is 19.1. The maximum Gasteiger partial charge on any atom is 0.233 e. The van der Waals surface area contributed by atoms with Crippen LogP contribution in [-0.2, 0) is 0 Å². The minimum Gasteiger partial charge on any atom is -0.348 e. The maximum atomic E-state index is 13.1. The summed E-state index contributed by atoms with van der Waals surface area (Å²) in [5.41, 5.74) is 2.35. The summed E-state index contributed by atoms with van der Waals surface area (Å²) in [6.07, 6.45) is 4.65. The maximum absolute atomic E-state index is 13.1. The third-order valence-electron chi connectivity index (χ3n) is 4.56. The number of nitrogens with zero attached hydrogens (tertiary/aromatic N) is 4. The van der Waals surface area contributed by atoms with E-state index in [1.807, 2.05) is 13.8 Å². The van der Waals surface area contributed by atoms with Crippen molar-refractivity contribution in [1.29, 1.82) is 0 Å². The Bertz CT molecular complexity index is 870. The second-order valence-corrected chi connectivity index (χ2v) is 6.77. The van der Waals surface area contributed by atoms with Crippen LogP contribution in [0.5, 0.6) is 0 Å². The monoisotopic (exact) mass is 352 g/mol. The molecule has 0 saturated heterocycles. The number of anilines is 2. The van der Waals surface area contributed by atoms with Crippen LogP contribution in [0, 0.1) is 18.7 Å². The molecule has 1 saturated carbocycles. The van der Waals surface area contributed by atoms with Gasteiger partial charge in [-0.15, -0.1) is 0 Å². The molecule has 0 amide bonds. The molecular formula is C19H21FN6. The molecule has 6 nitrogen and oxygen atoms in total. The van der Waals surface area contributed by atoms with Gasteiger partial charge in [-0.1, -0.05) is 12.1 Å². The summed E-state index contributed by atoms with van der Waals surface area (Å²) in [5, 5.41) is 6.42. The molecule has 4 rings (SSSR count). The zero-order chi connectivity index (χ0) is 18.1. The van der Waals surface area contributed by atoms with Crippen molar-refractivity contribution in [3.8, 4) is 0 Å². The molecule has 1 aromatic heterocycles. The van der Waals surface area contributed by atoms with Gasteiger partial charge >= 0.3 is 0 Å². The van der Waals surface area contributed by atoms with Gasteiger partial charge in [-0.3, -0.25) is 4.99 Å². The molecule has 0 radical (unpaired) electrons. The summed E-state index contributed by atoms with van der Waals surface area (Å²) in [5.74, 6) is 2.82. The van der Waals surface area contributed by atoms with E-state index in [9.17, 15) is 4.39 Å². The molecule has 1 fully saturated rings. The third-order valence-corrected chi connectivity index (χ3v) is 4.56. The second-order valence-electron chi connectivity index (χ2n) is 6.77. The van der Waals surface area contributed by atoms with Gasteiger partial charge in [-0.25, -0.2) is 4.39 Å². The number of amidine groups is 1. The summed E-state index contributed by atoms with van der Waals surface area (Å²) < 4.78 is 13.1. The highest BCUT2D eigenvalue weighted by molar-refractivity contribution is 6.04. The minimum atomic E-state index is -0.251. The van der Waals surface area contributed by atoms with Gasteiger partial charge in [0.1, 0.15) is 17.5 Å². The SMILES string of the molecule is Cc1nc(NC2=NCC(C3CC3)=C2)nc(N[C@@H](C)c2ccc(F)cc2)n1. The molecule has 2 aromatic rings. The number of aryl methyl sites for hydroxylation is 1. The van der Waals surface area contributed by atoms with E-state index in [1.54, 1.807) is 12.1 Å². The highest BCUT2D eigenvalue weighted by Gasteiger charge is 2.28. The van der Waals surface area contributed by atoms with Gasteiger partial charge in [-0.05, 0) is 62.0 Å². The molecule has 1 aliphatic heterocycles. The second kappa shape index (κ2) is 6.82. The number of rotatable bonds is 5. The van der Waals surface area contributed by atoms with Gasteiger partial charge in [0, 0.05) is 0 Å². The minimum absolute atomic E-state index is 0.0598. The van der Waals surface area contributed by atoms with E-state index in [0.29, 0.717) is 23.6 Å². The van der Waals surface area contributed by atoms with E-state index in [0.717, 1.165) is 17.9 Å². The normalized spacial score (nSPS) is 17.5. The van der Waals surface area contributed by atoms with E-state index in [-0.39, 0.29) is 11.9 Å².